The van der Waals surface area contributed by atoms with Crippen molar-refractivity contribution in [3.05, 3.63) is 92.5 Å². The molecule has 0 unspecified atom stereocenters. The second kappa shape index (κ2) is 9.37. The molecule has 10 heteroatoms. The van der Waals surface area contributed by atoms with E-state index in [0.29, 0.717) is 21.7 Å². The van der Waals surface area contributed by atoms with Gasteiger partial charge in [-0.25, -0.2) is 13.2 Å². The Balaban J connectivity index is 1.78. The zero-order chi connectivity index (χ0) is 23.5. The summed E-state index contributed by atoms with van der Waals surface area (Å²) in [6, 6.07) is 14.8. The Labute approximate surface area is 190 Å². The van der Waals surface area contributed by atoms with E-state index in [1.165, 1.54) is 18.2 Å². The first-order chi connectivity index (χ1) is 15.0. The van der Waals surface area contributed by atoms with Crippen LogP contribution in [0.25, 0.3) is 0 Å². The van der Waals surface area contributed by atoms with Crippen molar-refractivity contribution in [1.29, 1.82) is 0 Å². The quantitative estimate of drug-likeness (QED) is 0.362. The molecular formula is C22H20ClN3O5S. The molecule has 0 radical (unpaired) electrons. The number of sulfone groups is 1. The first-order valence-electron chi connectivity index (χ1n) is 9.46. The second-order valence-corrected chi connectivity index (χ2v) is 9.60. The van der Waals surface area contributed by atoms with Crippen LogP contribution < -0.4 is 10.6 Å². The maximum Gasteiger partial charge on any atom is 0.323 e. The minimum absolute atomic E-state index is 0.0937. The molecule has 0 aromatic heterocycles. The number of hydrogen-bond acceptors (Lipinski definition) is 5. The topological polar surface area (TPSA) is 118 Å². The summed E-state index contributed by atoms with van der Waals surface area (Å²) in [5.41, 5.74) is 1.99. The van der Waals surface area contributed by atoms with Crippen molar-refractivity contribution >= 4 is 44.5 Å². The van der Waals surface area contributed by atoms with E-state index in [1.54, 1.807) is 56.3 Å². The molecule has 0 aliphatic rings. The molecule has 32 heavy (non-hydrogen) atoms. The molecule has 166 valence electrons. The minimum atomic E-state index is -3.68. The molecule has 2 N–H and O–H groups in total. The van der Waals surface area contributed by atoms with E-state index < -0.39 is 20.8 Å². The highest BCUT2D eigenvalue weighted by Crippen LogP contribution is 2.25. The van der Waals surface area contributed by atoms with Gasteiger partial charge in [-0.2, -0.15) is 0 Å². The molecule has 0 aliphatic carbocycles. The number of benzene rings is 3. The van der Waals surface area contributed by atoms with Gasteiger partial charge in [-0.3, -0.25) is 10.1 Å². The highest BCUT2D eigenvalue weighted by atomic mass is 35.5. The van der Waals surface area contributed by atoms with Gasteiger partial charge in [0.2, 0.25) is 0 Å². The molecule has 3 rings (SSSR count). The van der Waals surface area contributed by atoms with E-state index in [9.17, 15) is 23.3 Å². The van der Waals surface area contributed by atoms with E-state index in [4.69, 9.17) is 11.6 Å². The van der Waals surface area contributed by atoms with Crippen LogP contribution in [0.1, 0.15) is 16.7 Å². The lowest BCUT2D eigenvalue weighted by Crippen LogP contribution is -2.20. The van der Waals surface area contributed by atoms with E-state index in [2.05, 4.69) is 10.6 Å². The van der Waals surface area contributed by atoms with Crippen molar-refractivity contribution in [3.63, 3.8) is 0 Å². The predicted octanol–water partition coefficient (Wildman–Crippen LogP) is 5.48. The standard InChI is InChI=1S/C22H20ClN3O5S/c1-14-3-9-18(11-20(14)26(28)29)24-22(27)25-19-10-4-15(2)21(12-19)32(30,31)13-16-5-7-17(23)8-6-16/h3-12H,13H2,1-2H3,(H2,24,25,27). The number of hydrogen-bond donors (Lipinski definition) is 2. The number of urea groups is 1. The summed E-state index contributed by atoms with van der Waals surface area (Å²) in [6.45, 7) is 3.27. The van der Waals surface area contributed by atoms with Crippen molar-refractivity contribution in [2.45, 2.75) is 24.5 Å². The van der Waals surface area contributed by atoms with Crippen LogP contribution in [0.5, 0.6) is 0 Å². The molecule has 0 heterocycles. The number of nitrogens with zero attached hydrogens (tertiary/aromatic N) is 1. The van der Waals surface area contributed by atoms with Crippen molar-refractivity contribution < 1.29 is 18.1 Å². The second-order valence-electron chi connectivity index (χ2n) is 7.20. The van der Waals surface area contributed by atoms with Gasteiger partial charge in [-0.1, -0.05) is 35.9 Å². The van der Waals surface area contributed by atoms with Gasteiger partial charge >= 0.3 is 6.03 Å². The third-order valence-electron chi connectivity index (χ3n) is 4.71. The lowest BCUT2D eigenvalue weighted by Gasteiger charge is -2.12. The van der Waals surface area contributed by atoms with Gasteiger partial charge in [0, 0.05) is 28.0 Å². The molecule has 0 atom stereocenters. The lowest BCUT2D eigenvalue weighted by atomic mass is 10.2. The maximum absolute atomic E-state index is 12.9. The summed E-state index contributed by atoms with van der Waals surface area (Å²) in [5, 5.41) is 16.7. The van der Waals surface area contributed by atoms with Crippen LogP contribution >= 0.6 is 11.6 Å². The van der Waals surface area contributed by atoms with Gasteiger partial charge in [-0.05, 0) is 55.3 Å². The summed E-state index contributed by atoms with van der Waals surface area (Å²) in [7, 11) is -3.68. The summed E-state index contributed by atoms with van der Waals surface area (Å²) in [5.74, 6) is -0.215. The maximum atomic E-state index is 12.9. The van der Waals surface area contributed by atoms with Crippen LogP contribution in [0.4, 0.5) is 21.9 Å². The van der Waals surface area contributed by atoms with E-state index in [0.717, 1.165) is 0 Å². The summed E-state index contributed by atoms with van der Waals surface area (Å²) >= 11 is 5.86. The fourth-order valence-electron chi connectivity index (χ4n) is 3.07. The lowest BCUT2D eigenvalue weighted by molar-refractivity contribution is -0.385. The molecule has 8 nitrogen and oxygen atoms in total. The first-order valence-corrected chi connectivity index (χ1v) is 11.5. The predicted molar refractivity (Wildman–Crippen MR) is 124 cm³/mol. The van der Waals surface area contributed by atoms with Crippen LogP contribution in [0.2, 0.25) is 5.02 Å². The fraction of sp³-hybridized carbons (Fsp3) is 0.136. The minimum Gasteiger partial charge on any atom is -0.308 e. The zero-order valence-corrected chi connectivity index (χ0v) is 18.8. The number of rotatable bonds is 6. The first kappa shape index (κ1) is 23.2. The summed E-state index contributed by atoms with van der Waals surface area (Å²) < 4.78 is 25.9. The fourth-order valence-corrected chi connectivity index (χ4v) is 4.85. The number of anilines is 2. The van der Waals surface area contributed by atoms with Gasteiger partial charge in [0.15, 0.2) is 9.84 Å². The number of carbonyl (C=O) groups is 1. The molecule has 0 bridgehead atoms. The summed E-state index contributed by atoms with van der Waals surface area (Å²) in [4.78, 5) is 23.0. The van der Waals surface area contributed by atoms with Gasteiger partial charge in [-0.15, -0.1) is 0 Å². The molecule has 0 saturated carbocycles. The van der Waals surface area contributed by atoms with Gasteiger partial charge < -0.3 is 10.6 Å². The highest BCUT2D eigenvalue weighted by Gasteiger charge is 2.19. The van der Waals surface area contributed by atoms with Crippen LogP contribution in [0.15, 0.2) is 65.6 Å². The number of carbonyl (C=O) groups excluding carboxylic acids is 1. The molecule has 0 fully saturated rings. The Kier molecular flexibility index (Phi) is 6.81. The van der Waals surface area contributed by atoms with Crippen LogP contribution in [-0.2, 0) is 15.6 Å². The number of halogens is 1. The third kappa shape index (κ3) is 5.63. The van der Waals surface area contributed by atoms with E-state index in [1.807, 2.05) is 0 Å². The van der Waals surface area contributed by atoms with Crippen molar-refractivity contribution in [2.75, 3.05) is 10.6 Å². The SMILES string of the molecule is Cc1ccc(NC(=O)Nc2ccc(C)c(S(=O)(=O)Cc3ccc(Cl)cc3)c2)cc1[N+](=O)[O-]. The van der Waals surface area contributed by atoms with Crippen LogP contribution in [0, 0.1) is 24.0 Å². The largest absolute Gasteiger partial charge is 0.323 e. The Bertz CT molecular complexity index is 1290. The number of nitro groups is 1. The Morgan fingerprint density at radius 3 is 2.09 bits per heavy atom. The normalized spacial score (nSPS) is 11.1. The van der Waals surface area contributed by atoms with Crippen molar-refractivity contribution in [1.82, 2.24) is 0 Å². The molecule has 3 aromatic rings. The van der Waals surface area contributed by atoms with Gasteiger partial charge in [0.05, 0.1) is 15.6 Å². The molecule has 0 spiro atoms. The smallest absolute Gasteiger partial charge is 0.308 e. The molecule has 0 saturated heterocycles. The van der Waals surface area contributed by atoms with E-state index in [-0.39, 0.29) is 27.7 Å². The van der Waals surface area contributed by atoms with Gasteiger partial charge in [0.25, 0.3) is 5.69 Å². The van der Waals surface area contributed by atoms with Crippen molar-refractivity contribution in [2.24, 2.45) is 0 Å². The number of amides is 2. The Hall–Kier alpha value is -3.43. The molecule has 3 aromatic carbocycles. The number of aryl methyl sites for hydroxylation is 2. The number of nitro benzene ring substituents is 1. The Morgan fingerprint density at radius 1 is 0.938 bits per heavy atom. The monoisotopic (exact) mass is 473 g/mol. The van der Waals surface area contributed by atoms with E-state index >= 15 is 0 Å². The molecule has 2 amide bonds. The van der Waals surface area contributed by atoms with Crippen LogP contribution in [0.3, 0.4) is 0 Å². The average molecular weight is 474 g/mol. The Morgan fingerprint density at radius 2 is 1.50 bits per heavy atom. The molecule has 0 aliphatic heterocycles. The van der Waals surface area contributed by atoms with Gasteiger partial charge in [0.1, 0.15) is 0 Å². The highest BCUT2D eigenvalue weighted by molar-refractivity contribution is 7.90. The zero-order valence-electron chi connectivity index (χ0n) is 17.3. The number of nitrogens with one attached hydrogen (secondary N) is 2. The van der Waals surface area contributed by atoms with Crippen LogP contribution in [-0.4, -0.2) is 19.4 Å². The average Bonchev–Trinajstić information content (AvgIpc) is 2.72. The molecular weight excluding hydrogens is 454 g/mol. The third-order valence-corrected chi connectivity index (χ3v) is 6.79. The summed E-state index contributed by atoms with van der Waals surface area (Å²) in [6.07, 6.45) is 0. The van der Waals surface area contributed by atoms with Crippen molar-refractivity contribution in [3.8, 4) is 0 Å².